The maximum atomic E-state index is 10.7. The van der Waals surface area contributed by atoms with Crippen molar-refractivity contribution in [3.8, 4) is 0 Å². The van der Waals surface area contributed by atoms with Crippen molar-refractivity contribution in [1.29, 1.82) is 0 Å². The van der Waals surface area contributed by atoms with E-state index in [1.807, 2.05) is 19.2 Å². The van der Waals surface area contributed by atoms with Crippen LogP contribution in [0.4, 0.5) is 0 Å². The lowest BCUT2D eigenvalue weighted by Gasteiger charge is -2.27. The van der Waals surface area contributed by atoms with Crippen LogP contribution in [0.5, 0.6) is 0 Å². The van der Waals surface area contributed by atoms with E-state index in [9.17, 15) is 9.90 Å². The van der Waals surface area contributed by atoms with Crippen molar-refractivity contribution in [3.63, 3.8) is 0 Å². The molecule has 1 fully saturated rings. The molecule has 2 atom stereocenters. The van der Waals surface area contributed by atoms with Gasteiger partial charge < -0.3 is 10.2 Å². The Kier molecular flexibility index (Phi) is 3.99. The number of hydrogen-bond donors (Lipinski definition) is 2. The molecule has 1 aromatic carbocycles. The first kappa shape index (κ1) is 13.1. The average molecular weight is 249 g/mol. The fraction of sp³-hybridized carbons (Fsp3) is 0.500. The molecule has 0 spiro atoms. The predicted octanol–water partition coefficient (Wildman–Crippen LogP) is 1.73. The van der Waals surface area contributed by atoms with Gasteiger partial charge in [0.2, 0.25) is 0 Å². The van der Waals surface area contributed by atoms with E-state index in [1.165, 1.54) is 0 Å². The van der Waals surface area contributed by atoms with Crippen molar-refractivity contribution in [2.24, 2.45) is 0 Å². The van der Waals surface area contributed by atoms with Crippen LogP contribution in [0.3, 0.4) is 0 Å². The number of nitrogens with zero attached hydrogens (tertiary/aromatic N) is 1. The molecular formula is C14H19NO3. The maximum Gasteiger partial charge on any atom is 0.335 e. The monoisotopic (exact) mass is 249 g/mol. The van der Waals surface area contributed by atoms with E-state index in [1.54, 1.807) is 12.1 Å². The minimum absolute atomic E-state index is 0.226. The second kappa shape index (κ2) is 5.50. The lowest BCUT2D eigenvalue weighted by Crippen LogP contribution is -2.36. The van der Waals surface area contributed by atoms with E-state index in [0.29, 0.717) is 5.56 Å². The van der Waals surface area contributed by atoms with E-state index in [2.05, 4.69) is 4.90 Å². The standard InChI is InChI=1S/C14H19NO3/c1-15(12-3-2-4-13(12)16)9-10-5-7-11(8-6-10)14(17)18/h5-8,12-13,16H,2-4,9H2,1H3,(H,17,18). The number of aromatic carboxylic acids is 1. The molecule has 18 heavy (non-hydrogen) atoms. The average Bonchev–Trinajstić information content (AvgIpc) is 2.76. The largest absolute Gasteiger partial charge is 0.478 e. The molecule has 4 heteroatoms. The molecule has 0 radical (unpaired) electrons. The van der Waals surface area contributed by atoms with E-state index in [-0.39, 0.29) is 12.1 Å². The molecule has 0 heterocycles. The summed E-state index contributed by atoms with van der Waals surface area (Å²) >= 11 is 0. The van der Waals surface area contributed by atoms with Crippen LogP contribution in [0.1, 0.15) is 35.2 Å². The van der Waals surface area contributed by atoms with Crippen LogP contribution in [-0.2, 0) is 6.54 Å². The fourth-order valence-corrected chi connectivity index (χ4v) is 2.59. The van der Waals surface area contributed by atoms with Crippen molar-refractivity contribution in [3.05, 3.63) is 35.4 Å². The normalized spacial score (nSPS) is 23.5. The van der Waals surface area contributed by atoms with Crippen LogP contribution in [0.15, 0.2) is 24.3 Å². The summed E-state index contributed by atoms with van der Waals surface area (Å²) in [5.41, 5.74) is 1.38. The highest BCUT2D eigenvalue weighted by Crippen LogP contribution is 2.24. The summed E-state index contributed by atoms with van der Waals surface area (Å²) in [6.07, 6.45) is 2.76. The molecule has 1 aromatic rings. The first-order chi connectivity index (χ1) is 8.58. The Balaban J connectivity index is 1.98. The number of rotatable bonds is 4. The number of aliphatic hydroxyl groups excluding tert-OH is 1. The van der Waals surface area contributed by atoms with Crippen LogP contribution in [0.2, 0.25) is 0 Å². The number of hydrogen-bond acceptors (Lipinski definition) is 3. The third-order valence-electron chi connectivity index (χ3n) is 3.64. The number of carbonyl (C=O) groups is 1. The van der Waals surface area contributed by atoms with Crippen molar-refractivity contribution in [1.82, 2.24) is 4.90 Å². The summed E-state index contributed by atoms with van der Waals surface area (Å²) in [5.74, 6) is -0.902. The smallest absolute Gasteiger partial charge is 0.335 e. The van der Waals surface area contributed by atoms with Gasteiger partial charge in [-0.2, -0.15) is 0 Å². The van der Waals surface area contributed by atoms with Gasteiger partial charge in [-0.3, -0.25) is 4.90 Å². The summed E-state index contributed by atoms with van der Waals surface area (Å²) in [6, 6.07) is 7.14. The second-order valence-electron chi connectivity index (χ2n) is 4.98. The van der Waals surface area contributed by atoms with E-state index < -0.39 is 5.97 Å². The molecule has 0 aliphatic heterocycles. The molecule has 1 aliphatic carbocycles. The highest BCUT2D eigenvalue weighted by atomic mass is 16.4. The van der Waals surface area contributed by atoms with E-state index in [4.69, 9.17) is 5.11 Å². The third-order valence-corrected chi connectivity index (χ3v) is 3.64. The van der Waals surface area contributed by atoms with Gasteiger partial charge in [0.05, 0.1) is 11.7 Å². The minimum Gasteiger partial charge on any atom is -0.478 e. The minimum atomic E-state index is -0.902. The molecule has 1 aliphatic rings. The summed E-state index contributed by atoms with van der Waals surface area (Å²) in [5, 5.41) is 18.7. The lowest BCUT2D eigenvalue weighted by atomic mass is 10.1. The summed E-state index contributed by atoms with van der Waals surface area (Å²) in [4.78, 5) is 12.9. The SMILES string of the molecule is CN(Cc1ccc(C(=O)O)cc1)C1CCCC1O. The number of carboxylic acid groups (broad SMARTS) is 1. The van der Waals surface area contributed by atoms with Gasteiger partial charge in [-0.05, 0) is 44.0 Å². The first-order valence-electron chi connectivity index (χ1n) is 6.28. The molecule has 4 nitrogen and oxygen atoms in total. The van der Waals surface area contributed by atoms with Crippen LogP contribution >= 0.6 is 0 Å². The van der Waals surface area contributed by atoms with Gasteiger partial charge in [-0.25, -0.2) is 4.79 Å². The Morgan fingerprint density at radius 2 is 2.00 bits per heavy atom. The Bertz CT molecular complexity index is 416. The van der Waals surface area contributed by atoms with E-state index >= 15 is 0 Å². The van der Waals surface area contributed by atoms with Crippen LogP contribution in [0, 0.1) is 0 Å². The Morgan fingerprint density at radius 3 is 2.50 bits per heavy atom. The van der Waals surface area contributed by atoms with Gasteiger partial charge in [-0.1, -0.05) is 12.1 Å². The molecule has 0 bridgehead atoms. The van der Waals surface area contributed by atoms with Crippen molar-refractivity contribution in [2.75, 3.05) is 7.05 Å². The zero-order valence-electron chi connectivity index (χ0n) is 10.5. The summed E-state index contributed by atoms with van der Waals surface area (Å²) < 4.78 is 0. The summed E-state index contributed by atoms with van der Waals surface area (Å²) in [6.45, 7) is 0.738. The number of benzene rings is 1. The third kappa shape index (κ3) is 2.89. The fourth-order valence-electron chi connectivity index (χ4n) is 2.59. The number of carboxylic acids is 1. The zero-order chi connectivity index (χ0) is 13.1. The van der Waals surface area contributed by atoms with Gasteiger partial charge in [-0.15, -0.1) is 0 Å². The van der Waals surface area contributed by atoms with Crippen LogP contribution in [0.25, 0.3) is 0 Å². The second-order valence-corrected chi connectivity index (χ2v) is 4.98. The number of aliphatic hydroxyl groups is 1. The highest BCUT2D eigenvalue weighted by molar-refractivity contribution is 5.87. The number of likely N-dealkylation sites (N-methyl/N-ethyl adjacent to an activating group) is 1. The molecule has 2 rings (SSSR count). The Labute approximate surface area is 107 Å². The quantitative estimate of drug-likeness (QED) is 0.853. The van der Waals surface area contributed by atoms with E-state index in [0.717, 1.165) is 31.4 Å². The van der Waals surface area contributed by atoms with Crippen LogP contribution < -0.4 is 0 Å². The highest BCUT2D eigenvalue weighted by Gasteiger charge is 2.28. The van der Waals surface area contributed by atoms with Gasteiger partial charge in [0.15, 0.2) is 0 Å². The molecule has 2 unspecified atom stereocenters. The Morgan fingerprint density at radius 1 is 1.33 bits per heavy atom. The molecule has 2 N–H and O–H groups in total. The van der Waals surface area contributed by atoms with Crippen LogP contribution in [-0.4, -0.2) is 40.3 Å². The molecule has 98 valence electrons. The molecular weight excluding hydrogens is 230 g/mol. The van der Waals surface area contributed by atoms with Crippen molar-refractivity contribution >= 4 is 5.97 Å². The summed E-state index contributed by atoms with van der Waals surface area (Å²) in [7, 11) is 2.00. The van der Waals surface area contributed by atoms with Gasteiger partial charge in [0, 0.05) is 12.6 Å². The molecule has 0 saturated heterocycles. The van der Waals surface area contributed by atoms with Gasteiger partial charge >= 0.3 is 5.97 Å². The molecule has 0 aromatic heterocycles. The maximum absolute atomic E-state index is 10.7. The van der Waals surface area contributed by atoms with Crippen molar-refractivity contribution < 1.29 is 15.0 Å². The Hall–Kier alpha value is -1.39. The topological polar surface area (TPSA) is 60.8 Å². The molecule has 0 amide bonds. The lowest BCUT2D eigenvalue weighted by molar-refractivity contribution is 0.0697. The zero-order valence-corrected chi connectivity index (χ0v) is 10.5. The van der Waals surface area contributed by atoms with Crippen molar-refractivity contribution in [2.45, 2.75) is 38.0 Å². The van der Waals surface area contributed by atoms with Gasteiger partial charge in [0.25, 0.3) is 0 Å². The van der Waals surface area contributed by atoms with Gasteiger partial charge in [0.1, 0.15) is 0 Å². The predicted molar refractivity (Wildman–Crippen MR) is 68.5 cm³/mol. The first-order valence-corrected chi connectivity index (χ1v) is 6.28. The molecule has 1 saturated carbocycles.